The van der Waals surface area contributed by atoms with Gasteiger partial charge in [-0.25, -0.2) is 4.98 Å². The number of benzene rings is 2. The molecular formula is C25H31N3O2S. The minimum absolute atomic E-state index is 0.0153. The Morgan fingerprint density at radius 2 is 2.03 bits per heavy atom. The van der Waals surface area contributed by atoms with Crippen molar-refractivity contribution in [1.82, 2.24) is 15.2 Å². The molecule has 3 aromatic rings. The molecule has 0 aliphatic carbocycles. The highest BCUT2D eigenvalue weighted by Crippen LogP contribution is 2.31. The maximum atomic E-state index is 12.7. The van der Waals surface area contributed by atoms with Crippen LogP contribution in [0, 0.1) is 6.92 Å². The van der Waals surface area contributed by atoms with Crippen LogP contribution in [0.3, 0.4) is 0 Å². The second-order valence-corrected chi connectivity index (χ2v) is 9.35. The number of carbonyl (C=O) groups is 1. The fourth-order valence-corrected chi connectivity index (χ4v) is 5.25. The highest BCUT2D eigenvalue weighted by atomic mass is 32.1. The van der Waals surface area contributed by atoms with E-state index in [0.29, 0.717) is 17.5 Å². The number of likely N-dealkylation sites (tertiary alicyclic amines) is 1. The van der Waals surface area contributed by atoms with Gasteiger partial charge in [0.15, 0.2) is 0 Å². The van der Waals surface area contributed by atoms with Gasteiger partial charge >= 0.3 is 0 Å². The zero-order valence-corrected chi connectivity index (χ0v) is 19.4. The summed E-state index contributed by atoms with van der Waals surface area (Å²) in [4.78, 5) is 20.7. The number of nitrogens with one attached hydrogen (secondary N) is 1. The molecule has 164 valence electrons. The smallest absolute Gasteiger partial charge is 0.263 e. The van der Waals surface area contributed by atoms with Crippen LogP contribution in [0.4, 0.5) is 0 Å². The first-order valence-electron chi connectivity index (χ1n) is 11.1. The Morgan fingerprint density at radius 1 is 1.23 bits per heavy atom. The van der Waals surface area contributed by atoms with Crippen molar-refractivity contribution in [3.63, 3.8) is 0 Å². The van der Waals surface area contributed by atoms with Crippen molar-refractivity contribution in [3.05, 3.63) is 47.0 Å². The molecule has 31 heavy (non-hydrogen) atoms. The average Bonchev–Trinajstić information content (AvgIpc) is 3.18. The number of hydrogen-bond acceptors (Lipinski definition) is 5. The second-order valence-electron chi connectivity index (χ2n) is 8.35. The van der Waals surface area contributed by atoms with E-state index < -0.39 is 0 Å². The highest BCUT2D eigenvalue weighted by molar-refractivity contribution is 7.17. The van der Waals surface area contributed by atoms with Gasteiger partial charge in [-0.2, -0.15) is 0 Å². The molecule has 1 aliphatic rings. The third-order valence-corrected chi connectivity index (χ3v) is 7.35. The van der Waals surface area contributed by atoms with Gasteiger partial charge in [-0.15, -0.1) is 11.3 Å². The summed E-state index contributed by atoms with van der Waals surface area (Å²) in [6, 6.07) is 13.0. The molecule has 4 rings (SSSR count). The van der Waals surface area contributed by atoms with Gasteiger partial charge in [0.1, 0.15) is 15.6 Å². The molecule has 2 aromatic carbocycles. The fraction of sp³-hybridized carbons (Fsp3) is 0.440. The quantitative estimate of drug-likeness (QED) is 0.511. The van der Waals surface area contributed by atoms with E-state index in [1.807, 2.05) is 19.1 Å². The largest absolute Gasteiger partial charge is 0.497 e. The van der Waals surface area contributed by atoms with Crippen molar-refractivity contribution in [2.24, 2.45) is 0 Å². The Morgan fingerprint density at radius 3 is 2.84 bits per heavy atom. The van der Waals surface area contributed by atoms with Crippen LogP contribution in [-0.2, 0) is 0 Å². The van der Waals surface area contributed by atoms with Gasteiger partial charge in [-0.05, 0) is 68.6 Å². The zero-order chi connectivity index (χ0) is 21.8. The topological polar surface area (TPSA) is 54.5 Å². The van der Waals surface area contributed by atoms with Gasteiger partial charge in [0.2, 0.25) is 0 Å². The van der Waals surface area contributed by atoms with Gasteiger partial charge in [0.05, 0.1) is 12.8 Å². The molecule has 1 saturated heterocycles. The number of fused-ring (bicyclic) bond motifs is 1. The molecule has 1 N–H and O–H groups in total. The van der Waals surface area contributed by atoms with Gasteiger partial charge in [0.25, 0.3) is 5.91 Å². The summed E-state index contributed by atoms with van der Waals surface area (Å²) in [6.07, 6.45) is 4.90. The van der Waals surface area contributed by atoms with E-state index in [9.17, 15) is 4.79 Å². The summed E-state index contributed by atoms with van der Waals surface area (Å²) in [5.74, 6) is 0.831. The number of ether oxygens (including phenoxy) is 1. The van der Waals surface area contributed by atoms with Gasteiger partial charge in [-0.3, -0.25) is 4.79 Å². The number of hydrogen-bond donors (Lipinski definition) is 1. The molecule has 0 bridgehead atoms. The molecule has 1 atom stereocenters. The standard InChI is InChI=1S/C25H31N3O2S/c1-17-7-4-5-13-28(17)14-6-12-26-24(29)23-18(2)27-25(31-23)21-9-8-20-16-22(30-3)11-10-19(20)15-21/h8-11,15-17H,4-7,12-14H2,1-3H3,(H,26,29). The lowest BCUT2D eigenvalue weighted by Crippen LogP contribution is -2.39. The third kappa shape index (κ3) is 5.08. The molecule has 1 fully saturated rings. The molecule has 1 unspecified atom stereocenters. The fourth-order valence-electron chi connectivity index (χ4n) is 4.27. The number of amides is 1. The van der Waals surface area contributed by atoms with Crippen LogP contribution in [-0.4, -0.2) is 48.6 Å². The molecule has 5 nitrogen and oxygen atoms in total. The monoisotopic (exact) mass is 437 g/mol. The maximum Gasteiger partial charge on any atom is 0.263 e. The molecule has 6 heteroatoms. The molecule has 1 aromatic heterocycles. The predicted molar refractivity (Wildman–Crippen MR) is 128 cm³/mol. The third-order valence-electron chi connectivity index (χ3n) is 6.15. The van der Waals surface area contributed by atoms with Gasteiger partial charge in [-0.1, -0.05) is 24.6 Å². The molecule has 1 aliphatic heterocycles. The van der Waals surface area contributed by atoms with Crippen LogP contribution in [0.15, 0.2) is 36.4 Å². The molecular weight excluding hydrogens is 406 g/mol. The van der Waals surface area contributed by atoms with Crippen LogP contribution >= 0.6 is 11.3 Å². The zero-order valence-electron chi connectivity index (χ0n) is 18.6. The van der Waals surface area contributed by atoms with Crippen molar-refractivity contribution in [1.29, 1.82) is 0 Å². The normalized spacial score (nSPS) is 17.1. The first-order valence-corrected chi connectivity index (χ1v) is 11.9. The number of aromatic nitrogens is 1. The van der Waals surface area contributed by atoms with Crippen LogP contribution in [0.25, 0.3) is 21.3 Å². The Hall–Kier alpha value is -2.44. The van der Waals surface area contributed by atoms with Crippen molar-refractivity contribution in [2.45, 2.75) is 45.6 Å². The highest BCUT2D eigenvalue weighted by Gasteiger charge is 2.19. The average molecular weight is 438 g/mol. The molecule has 2 heterocycles. The maximum absolute atomic E-state index is 12.7. The van der Waals surface area contributed by atoms with Gasteiger partial charge < -0.3 is 15.0 Å². The number of carbonyl (C=O) groups excluding carboxylic acids is 1. The molecule has 0 spiro atoms. The summed E-state index contributed by atoms with van der Waals surface area (Å²) in [7, 11) is 1.68. The summed E-state index contributed by atoms with van der Waals surface area (Å²) in [5.41, 5.74) is 1.82. The lowest BCUT2D eigenvalue weighted by molar-refractivity contribution is 0.0952. The molecule has 0 radical (unpaired) electrons. The Kier molecular flexibility index (Phi) is 6.88. The second kappa shape index (κ2) is 9.79. The van der Waals surface area contributed by atoms with Gasteiger partial charge in [0, 0.05) is 24.7 Å². The summed E-state index contributed by atoms with van der Waals surface area (Å²) in [6.45, 7) is 7.16. The number of rotatable bonds is 7. The van der Waals surface area contributed by atoms with Crippen LogP contribution in [0.1, 0.15) is 48.0 Å². The van der Waals surface area contributed by atoms with Crippen molar-refractivity contribution in [2.75, 3.05) is 26.7 Å². The number of thiazole rings is 1. The van der Waals surface area contributed by atoms with Crippen LogP contribution in [0.5, 0.6) is 5.75 Å². The number of piperidine rings is 1. The minimum atomic E-state index is -0.0153. The van der Waals surface area contributed by atoms with E-state index >= 15 is 0 Å². The van der Waals surface area contributed by atoms with E-state index in [0.717, 1.165) is 45.8 Å². The first kappa shape index (κ1) is 21.8. The Bertz CT molecular complexity index is 1060. The van der Waals surface area contributed by atoms with Crippen molar-refractivity contribution >= 4 is 28.0 Å². The van der Waals surface area contributed by atoms with E-state index in [2.05, 4.69) is 46.4 Å². The minimum Gasteiger partial charge on any atom is -0.497 e. The Balaban J connectivity index is 1.38. The predicted octanol–water partition coefficient (Wildman–Crippen LogP) is 5.27. The lowest BCUT2D eigenvalue weighted by atomic mass is 10.0. The molecule has 0 saturated carbocycles. The summed E-state index contributed by atoms with van der Waals surface area (Å²) >= 11 is 1.47. The Labute approximate surface area is 188 Å². The van der Waals surface area contributed by atoms with Crippen LogP contribution < -0.4 is 10.1 Å². The van der Waals surface area contributed by atoms with E-state index in [4.69, 9.17) is 4.74 Å². The molecule has 1 amide bonds. The SMILES string of the molecule is COc1ccc2cc(-c3nc(C)c(C(=O)NCCCN4CCCCC4C)s3)ccc2c1. The van der Waals surface area contributed by atoms with Crippen molar-refractivity contribution in [3.8, 4) is 16.3 Å². The van der Waals surface area contributed by atoms with Crippen LogP contribution in [0.2, 0.25) is 0 Å². The van der Waals surface area contributed by atoms with E-state index in [-0.39, 0.29) is 5.91 Å². The summed E-state index contributed by atoms with van der Waals surface area (Å²) in [5, 5.41) is 6.22. The lowest BCUT2D eigenvalue weighted by Gasteiger charge is -2.33. The van der Waals surface area contributed by atoms with E-state index in [1.54, 1.807) is 7.11 Å². The number of nitrogens with zero attached hydrogens (tertiary/aromatic N) is 2. The van der Waals surface area contributed by atoms with E-state index in [1.165, 1.54) is 37.1 Å². The van der Waals surface area contributed by atoms with Crippen molar-refractivity contribution < 1.29 is 9.53 Å². The number of aryl methyl sites for hydroxylation is 1. The first-order chi connectivity index (χ1) is 15.0. The summed E-state index contributed by atoms with van der Waals surface area (Å²) < 4.78 is 5.31. The number of methoxy groups -OCH3 is 1.